The third-order valence-corrected chi connectivity index (χ3v) is 5.14. The van der Waals surface area contributed by atoms with Crippen molar-refractivity contribution in [2.75, 3.05) is 29.4 Å². The van der Waals surface area contributed by atoms with Crippen LogP contribution in [0.5, 0.6) is 0 Å². The zero-order valence-corrected chi connectivity index (χ0v) is 14.9. The number of alkyl halides is 5. The van der Waals surface area contributed by atoms with Gasteiger partial charge in [0.2, 0.25) is 0 Å². The fourth-order valence-electron chi connectivity index (χ4n) is 0.890. The Kier molecular flexibility index (Phi) is 12.5. The molecule has 11 heteroatoms. The summed E-state index contributed by atoms with van der Waals surface area (Å²) in [5, 5.41) is 0. The van der Waals surface area contributed by atoms with Crippen molar-refractivity contribution in [1.29, 1.82) is 0 Å². The second-order valence-electron chi connectivity index (χ2n) is 3.45. The summed E-state index contributed by atoms with van der Waals surface area (Å²) in [4.78, 5) is 10.7. The van der Waals surface area contributed by atoms with E-state index >= 15 is 0 Å². The highest BCUT2D eigenvalue weighted by molar-refractivity contribution is 7.48. The van der Waals surface area contributed by atoms with E-state index < -0.39 is 26.1 Å². The summed E-state index contributed by atoms with van der Waals surface area (Å²) < 4.78 is 27.7. The standard InChI is InChI=1S/C9H14Cl5O5P/c10-1-7(2-11)17-20(16,18-8(3-12)4-13)19-9(5-14)6-15/h6-9H,1-5H2. The van der Waals surface area contributed by atoms with Crippen LogP contribution in [-0.2, 0) is 22.9 Å². The summed E-state index contributed by atoms with van der Waals surface area (Å²) in [6.45, 7) is 0. The SMILES string of the molecule is O=CC(CCl)OP(=O)(OC(CCl)CCl)OC(CCl)CCl. The van der Waals surface area contributed by atoms with E-state index in [-0.39, 0.29) is 29.4 Å². The van der Waals surface area contributed by atoms with Crippen molar-refractivity contribution in [1.82, 2.24) is 0 Å². The molecule has 0 aliphatic rings. The molecule has 5 nitrogen and oxygen atoms in total. The molecule has 0 aliphatic carbocycles. The van der Waals surface area contributed by atoms with Crippen LogP contribution in [0.2, 0.25) is 0 Å². The first-order valence-electron chi connectivity index (χ1n) is 5.38. The molecule has 20 heavy (non-hydrogen) atoms. The molecule has 0 radical (unpaired) electrons. The number of hydrogen-bond acceptors (Lipinski definition) is 5. The van der Waals surface area contributed by atoms with Crippen LogP contribution in [0, 0.1) is 0 Å². The third-order valence-electron chi connectivity index (χ3n) is 1.81. The lowest BCUT2D eigenvalue weighted by Gasteiger charge is -2.25. The Morgan fingerprint density at radius 1 is 0.800 bits per heavy atom. The van der Waals surface area contributed by atoms with Gasteiger partial charge in [0.15, 0.2) is 6.29 Å². The molecule has 0 amide bonds. The van der Waals surface area contributed by atoms with E-state index in [4.69, 9.17) is 71.6 Å². The molecule has 0 rings (SSSR count). The van der Waals surface area contributed by atoms with E-state index in [0.717, 1.165) is 0 Å². The largest absolute Gasteiger partial charge is 0.476 e. The van der Waals surface area contributed by atoms with Gasteiger partial charge in [0, 0.05) is 0 Å². The first-order chi connectivity index (χ1) is 9.48. The molecule has 1 unspecified atom stereocenters. The summed E-state index contributed by atoms with van der Waals surface area (Å²) >= 11 is 27.9. The van der Waals surface area contributed by atoms with Crippen LogP contribution in [0.4, 0.5) is 0 Å². The molecule has 0 fully saturated rings. The molecule has 0 bridgehead atoms. The fraction of sp³-hybridized carbons (Fsp3) is 0.889. The minimum Gasteiger partial charge on any atom is -0.300 e. The van der Waals surface area contributed by atoms with Crippen molar-refractivity contribution < 1.29 is 22.9 Å². The normalized spacial score (nSPS) is 13.9. The Hall–Kier alpha value is 1.23. The Balaban J connectivity index is 4.99. The van der Waals surface area contributed by atoms with Gasteiger partial charge in [0.25, 0.3) is 0 Å². The van der Waals surface area contributed by atoms with Crippen LogP contribution in [-0.4, -0.2) is 54.0 Å². The Bertz CT molecular complexity index is 295. The number of aldehydes is 1. The molecule has 0 saturated carbocycles. The van der Waals surface area contributed by atoms with Gasteiger partial charge in [-0.3, -0.25) is 13.6 Å². The molecule has 120 valence electrons. The highest BCUT2D eigenvalue weighted by Crippen LogP contribution is 2.53. The van der Waals surface area contributed by atoms with E-state index in [1.54, 1.807) is 0 Å². The molecule has 0 aliphatic heterocycles. The van der Waals surface area contributed by atoms with Crippen LogP contribution in [0.25, 0.3) is 0 Å². The number of phosphoric ester groups is 1. The maximum atomic E-state index is 12.5. The van der Waals surface area contributed by atoms with Gasteiger partial charge in [-0.2, -0.15) is 0 Å². The molecule has 0 aromatic heterocycles. The molecule has 0 heterocycles. The number of hydrogen-bond donors (Lipinski definition) is 0. The monoisotopic (exact) mass is 408 g/mol. The molecule has 0 saturated heterocycles. The Morgan fingerprint density at radius 3 is 1.45 bits per heavy atom. The van der Waals surface area contributed by atoms with Gasteiger partial charge in [0.1, 0.15) is 6.10 Å². The van der Waals surface area contributed by atoms with Gasteiger partial charge in [-0.15, -0.1) is 58.0 Å². The first kappa shape index (κ1) is 21.2. The van der Waals surface area contributed by atoms with Crippen molar-refractivity contribution in [3.63, 3.8) is 0 Å². The summed E-state index contributed by atoms with van der Waals surface area (Å²) in [6, 6.07) is 0. The topological polar surface area (TPSA) is 61.8 Å². The summed E-state index contributed by atoms with van der Waals surface area (Å²) in [5.74, 6) is -0.393. The maximum absolute atomic E-state index is 12.5. The van der Waals surface area contributed by atoms with Crippen LogP contribution in [0.1, 0.15) is 0 Å². The number of carbonyl (C=O) groups excluding carboxylic acids is 1. The minimum absolute atomic E-state index is 0.0424. The molecule has 0 N–H and O–H groups in total. The summed E-state index contributed by atoms with van der Waals surface area (Å²) in [6.07, 6.45) is -2.38. The van der Waals surface area contributed by atoms with Crippen LogP contribution in [0.3, 0.4) is 0 Å². The highest BCUT2D eigenvalue weighted by Gasteiger charge is 2.36. The smallest absolute Gasteiger partial charge is 0.300 e. The first-order valence-corrected chi connectivity index (χ1v) is 9.52. The number of carbonyl (C=O) groups is 1. The lowest BCUT2D eigenvalue weighted by molar-refractivity contribution is -0.114. The zero-order valence-electron chi connectivity index (χ0n) is 10.2. The van der Waals surface area contributed by atoms with Crippen molar-refractivity contribution in [3.8, 4) is 0 Å². The van der Waals surface area contributed by atoms with Crippen LogP contribution >= 0.6 is 65.8 Å². The molecule has 0 spiro atoms. The quantitative estimate of drug-likeness (QED) is 0.279. The second-order valence-corrected chi connectivity index (χ2v) is 6.52. The maximum Gasteiger partial charge on any atom is 0.476 e. The van der Waals surface area contributed by atoms with Crippen molar-refractivity contribution >= 4 is 72.1 Å². The third kappa shape index (κ3) is 8.02. The average molecular weight is 410 g/mol. The van der Waals surface area contributed by atoms with E-state index in [2.05, 4.69) is 0 Å². The zero-order chi connectivity index (χ0) is 15.6. The van der Waals surface area contributed by atoms with E-state index in [9.17, 15) is 9.36 Å². The predicted octanol–water partition coefficient (Wildman–Crippen LogP) is 3.64. The van der Waals surface area contributed by atoms with E-state index in [1.165, 1.54) is 0 Å². The average Bonchev–Trinajstić information content (AvgIpc) is 2.48. The van der Waals surface area contributed by atoms with Crippen molar-refractivity contribution in [3.05, 3.63) is 0 Å². The molecule has 1 atom stereocenters. The number of phosphoric acid groups is 1. The van der Waals surface area contributed by atoms with Gasteiger partial charge in [-0.25, -0.2) is 4.57 Å². The molecule has 0 aromatic rings. The Labute approximate surface area is 142 Å². The molecular weight excluding hydrogens is 396 g/mol. The van der Waals surface area contributed by atoms with E-state index in [0.29, 0.717) is 6.29 Å². The summed E-state index contributed by atoms with van der Waals surface area (Å²) in [5.41, 5.74) is 0. The summed E-state index contributed by atoms with van der Waals surface area (Å²) in [7, 11) is -4.14. The fourth-order valence-corrected chi connectivity index (χ4v) is 4.01. The number of rotatable bonds is 12. The van der Waals surface area contributed by atoms with Gasteiger partial charge in [-0.05, 0) is 0 Å². The van der Waals surface area contributed by atoms with E-state index in [1.807, 2.05) is 0 Å². The predicted molar refractivity (Wildman–Crippen MR) is 81.9 cm³/mol. The Morgan fingerprint density at radius 2 is 1.20 bits per heavy atom. The van der Waals surface area contributed by atoms with Crippen LogP contribution < -0.4 is 0 Å². The minimum atomic E-state index is -4.14. The van der Waals surface area contributed by atoms with Gasteiger partial charge in [0.05, 0.1) is 41.6 Å². The lowest BCUT2D eigenvalue weighted by Crippen LogP contribution is -2.25. The van der Waals surface area contributed by atoms with Crippen molar-refractivity contribution in [2.45, 2.75) is 18.3 Å². The van der Waals surface area contributed by atoms with Gasteiger partial charge < -0.3 is 4.79 Å². The molecule has 0 aromatic carbocycles. The van der Waals surface area contributed by atoms with Gasteiger partial charge >= 0.3 is 7.82 Å². The van der Waals surface area contributed by atoms with Crippen LogP contribution in [0.15, 0.2) is 0 Å². The second kappa shape index (κ2) is 11.8. The molecular formula is C9H14Cl5O5P. The van der Waals surface area contributed by atoms with Crippen molar-refractivity contribution in [2.24, 2.45) is 0 Å². The number of halogens is 5. The lowest BCUT2D eigenvalue weighted by atomic mass is 10.5. The highest BCUT2D eigenvalue weighted by atomic mass is 35.5. The van der Waals surface area contributed by atoms with Gasteiger partial charge in [-0.1, -0.05) is 0 Å².